The first-order valence-corrected chi connectivity index (χ1v) is 8.00. The van der Waals surface area contributed by atoms with Crippen LogP contribution in [0.1, 0.15) is 46.0 Å². The van der Waals surface area contributed by atoms with Crippen molar-refractivity contribution < 1.29 is 9.90 Å². The van der Waals surface area contributed by atoms with Crippen molar-refractivity contribution in [2.75, 3.05) is 0 Å². The third kappa shape index (κ3) is 1.72. The highest BCUT2D eigenvalue weighted by Crippen LogP contribution is 2.59. The zero-order chi connectivity index (χ0) is 14.8. The maximum Gasteiger partial charge on any atom is 0.178 e. The number of carbonyl (C=O) groups is 1. The standard InChI is InChI=1S/C19H22O2/c1-18-7-6-16-15(17(18)10-14(21)11-18)4-3-12-9-13(20)5-8-19(12,16)2/h5,8-10,14,21H,3-4,6-7,11H2,1-2H3/t14-,18-,19+/m1/s1. The summed E-state index contributed by atoms with van der Waals surface area (Å²) in [5, 5.41) is 10.1. The molecule has 2 heteroatoms. The maximum absolute atomic E-state index is 11.7. The smallest absolute Gasteiger partial charge is 0.178 e. The number of aliphatic hydroxyl groups is 1. The Hall–Kier alpha value is -1.41. The largest absolute Gasteiger partial charge is 0.389 e. The summed E-state index contributed by atoms with van der Waals surface area (Å²) < 4.78 is 0. The molecule has 0 unspecified atom stereocenters. The van der Waals surface area contributed by atoms with E-state index in [0.717, 1.165) is 32.1 Å². The van der Waals surface area contributed by atoms with Gasteiger partial charge in [-0.3, -0.25) is 4.79 Å². The van der Waals surface area contributed by atoms with Gasteiger partial charge in [-0.1, -0.05) is 30.2 Å². The van der Waals surface area contributed by atoms with Crippen LogP contribution in [0.2, 0.25) is 0 Å². The van der Waals surface area contributed by atoms with Crippen molar-refractivity contribution in [3.05, 3.63) is 46.6 Å². The quantitative estimate of drug-likeness (QED) is 0.736. The normalized spacial score (nSPS) is 41.3. The second kappa shape index (κ2) is 4.07. The minimum absolute atomic E-state index is 0.0722. The molecule has 3 atom stereocenters. The van der Waals surface area contributed by atoms with Crippen molar-refractivity contribution in [1.29, 1.82) is 0 Å². The molecule has 0 amide bonds. The van der Waals surface area contributed by atoms with E-state index >= 15 is 0 Å². The molecule has 0 aromatic rings. The third-order valence-corrected chi connectivity index (χ3v) is 6.12. The molecule has 0 aromatic heterocycles. The van der Waals surface area contributed by atoms with E-state index in [1.54, 1.807) is 6.08 Å². The second-order valence-corrected chi connectivity index (χ2v) is 7.48. The fraction of sp³-hybridized carbons (Fsp3) is 0.526. The highest BCUT2D eigenvalue weighted by Gasteiger charge is 2.47. The summed E-state index contributed by atoms with van der Waals surface area (Å²) in [4.78, 5) is 11.7. The predicted molar refractivity (Wildman–Crippen MR) is 82.6 cm³/mol. The monoisotopic (exact) mass is 282 g/mol. The average Bonchev–Trinajstić information content (AvgIpc) is 2.74. The average molecular weight is 282 g/mol. The van der Waals surface area contributed by atoms with Gasteiger partial charge in [0, 0.05) is 5.41 Å². The zero-order valence-corrected chi connectivity index (χ0v) is 12.8. The summed E-state index contributed by atoms with van der Waals surface area (Å²) in [5.74, 6) is 0.127. The maximum atomic E-state index is 11.7. The van der Waals surface area contributed by atoms with Gasteiger partial charge in [-0.2, -0.15) is 0 Å². The number of fused-ring (bicyclic) bond motifs is 4. The summed E-state index contributed by atoms with van der Waals surface area (Å²) in [7, 11) is 0. The van der Waals surface area contributed by atoms with Gasteiger partial charge < -0.3 is 5.11 Å². The lowest BCUT2D eigenvalue weighted by Gasteiger charge is -2.46. The van der Waals surface area contributed by atoms with Crippen LogP contribution < -0.4 is 0 Å². The molecule has 0 heterocycles. The van der Waals surface area contributed by atoms with Crippen LogP contribution in [0.15, 0.2) is 46.6 Å². The van der Waals surface area contributed by atoms with Gasteiger partial charge in [0.25, 0.3) is 0 Å². The Labute approximate surface area is 125 Å². The summed E-state index contributed by atoms with van der Waals surface area (Å²) in [6.07, 6.45) is 12.5. The first-order valence-electron chi connectivity index (χ1n) is 8.00. The predicted octanol–water partition coefficient (Wildman–Crippen LogP) is 3.64. The molecule has 0 fully saturated rings. The van der Waals surface area contributed by atoms with E-state index in [0.29, 0.717) is 0 Å². The molecule has 0 saturated carbocycles. The number of hydrogen-bond acceptors (Lipinski definition) is 2. The lowest BCUT2D eigenvalue weighted by atomic mass is 9.57. The molecule has 0 aliphatic heterocycles. The van der Waals surface area contributed by atoms with Gasteiger partial charge in [0.1, 0.15) is 0 Å². The Kier molecular flexibility index (Phi) is 2.57. The zero-order valence-electron chi connectivity index (χ0n) is 12.8. The lowest BCUT2D eigenvalue weighted by molar-refractivity contribution is -0.110. The van der Waals surface area contributed by atoms with Crippen molar-refractivity contribution in [1.82, 2.24) is 0 Å². The first kappa shape index (κ1) is 13.3. The number of carbonyl (C=O) groups excluding carboxylic acids is 1. The molecule has 4 aliphatic carbocycles. The van der Waals surface area contributed by atoms with E-state index in [2.05, 4.69) is 26.0 Å². The van der Waals surface area contributed by atoms with Crippen LogP contribution in [0.3, 0.4) is 0 Å². The summed E-state index contributed by atoms with van der Waals surface area (Å²) >= 11 is 0. The summed E-state index contributed by atoms with van der Waals surface area (Å²) in [5.41, 5.74) is 5.71. The molecule has 4 rings (SSSR count). The molecule has 2 nitrogen and oxygen atoms in total. The van der Waals surface area contributed by atoms with Gasteiger partial charge in [-0.15, -0.1) is 0 Å². The molecule has 0 radical (unpaired) electrons. The van der Waals surface area contributed by atoms with Gasteiger partial charge in [0.05, 0.1) is 6.10 Å². The molecule has 0 aromatic carbocycles. The van der Waals surface area contributed by atoms with Crippen LogP contribution in [-0.2, 0) is 4.79 Å². The van der Waals surface area contributed by atoms with Crippen molar-refractivity contribution in [2.24, 2.45) is 10.8 Å². The molecular formula is C19H22O2. The Bertz CT molecular complexity index is 661. The Morgan fingerprint density at radius 1 is 1.24 bits per heavy atom. The highest BCUT2D eigenvalue weighted by molar-refractivity contribution is 6.01. The number of rotatable bonds is 0. The van der Waals surface area contributed by atoms with Crippen LogP contribution in [0.25, 0.3) is 0 Å². The van der Waals surface area contributed by atoms with Gasteiger partial charge in [0.2, 0.25) is 0 Å². The molecule has 4 aliphatic rings. The van der Waals surface area contributed by atoms with E-state index in [4.69, 9.17) is 0 Å². The molecule has 0 bridgehead atoms. The summed E-state index contributed by atoms with van der Waals surface area (Å²) in [6, 6.07) is 0. The van der Waals surface area contributed by atoms with E-state index in [-0.39, 0.29) is 22.7 Å². The Morgan fingerprint density at radius 3 is 2.86 bits per heavy atom. The Balaban J connectivity index is 1.87. The molecule has 0 saturated heterocycles. The van der Waals surface area contributed by atoms with Crippen molar-refractivity contribution in [2.45, 2.75) is 52.1 Å². The van der Waals surface area contributed by atoms with Crippen LogP contribution in [0.4, 0.5) is 0 Å². The highest BCUT2D eigenvalue weighted by atomic mass is 16.3. The van der Waals surface area contributed by atoms with Crippen LogP contribution in [-0.4, -0.2) is 17.0 Å². The summed E-state index contributed by atoms with van der Waals surface area (Å²) in [6.45, 7) is 4.55. The van der Waals surface area contributed by atoms with E-state index in [9.17, 15) is 9.90 Å². The molecule has 21 heavy (non-hydrogen) atoms. The van der Waals surface area contributed by atoms with Gasteiger partial charge in [0.15, 0.2) is 5.78 Å². The minimum atomic E-state index is -0.287. The first-order chi connectivity index (χ1) is 9.92. The van der Waals surface area contributed by atoms with Gasteiger partial charge >= 0.3 is 0 Å². The SMILES string of the molecule is C[C@]12CCC3=C(CCC4=CC(=O)C=C[C@@]43C)C1=C[C@@H](O)C2. The fourth-order valence-electron chi connectivity index (χ4n) is 4.91. The number of aliphatic hydroxyl groups excluding tert-OH is 1. The van der Waals surface area contributed by atoms with Gasteiger partial charge in [-0.05, 0) is 67.7 Å². The molecule has 110 valence electrons. The van der Waals surface area contributed by atoms with Gasteiger partial charge in [-0.25, -0.2) is 0 Å². The van der Waals surface area contributed by atoms with Crippen molar-refractivity contribution >= 4 is 5.78 Å². The van der Waals surface area contributed by atoms with Crippen LogP contribution in [0, 0.1) is 10.8 Å². The molecule has 1 N–H and O–H groups in total. The molecular weight excluding hydrogens is 260 g/mol. The van der Waals surface area contributed by atoms with Crippen LogP contribution >= 0.6 is 0 Å². The number of allylic oxidation sites excluding steroid dienone is 7. The van der Waals surface area contributed by atoms with E-state index < -0.39 is 0 Å². The lowest BCUT2D eigenvalue weighted by Crippen LogP contribution is -2.34. The Morgan fingerprint density at radius 2 is 2.05 bits per heavy atom. The number of ketones is 1. The second-order valence-electron chi connectivity index (χ2n) is 7.48. The van der Waals surface area contributed by atoms with E-state index in [1.807, 2.05) is 6.08 Å². The van der Waals surface area contributed by atoms with Crippen molar-refractivity contribution in [3.8, 4) is 0 Å². The van der Waals surface area contributed by atoms with Crippen LogP contribution in [0.5, 0.6) is 0 Å². The third-order valence-electron chi connectivity index (χ3n) is 6.12. The van der Waals surface area contributed by atoms with Crippen molar-refractivity contribution in [3.63, 3.8) is 0 Å². The minimum Gasteiger partial charge on any atom is -0.389 e. The topological polar surface area (TPSA) is 37.3 Å². The number of hydrogen-bond donors (Lipinski definition) is 1. The van der Waals surface area contributed by atoms with E-state index in [1.165, 1.54) is 22.3 Å². The fourth-order valence-corrected chi connectivity index (χ4v) is 4.91. The molecule has 0 spiro atoms.